The molecule has 182 valence electrons. The fraction of sp³-hybridized carbons (Fsp3) is 0.276. The minimum atomic E-state index is -0.889. The van der Waals surface area contributed by atoms with E-state index in [-0.39, 0.29) is 11.6 Å². The lowest BCUT2D eigenvalue weighted by atomic mass is 10.0. The maximum absolute atomic E-state index is 13.6. The van der Waals surface area contributed by atoms with Crippen molar-refractivity contribution in [3.05, 3.63) is 94.9 Å². The predicted molar refractivity (Wildman–Crippen MR) is 136 cm³/mol. The van der Waals surface area contributed by atoms with Gasteiger partial charge in [-0.25, -0.2) is 13.6 Å². The lowest BCUT2D eigenvalue weighted by Gasteiger charge is -2.15. The normalized spacial score (nSPS) is 12.3. The van der Waals surface area contributed by atoms with Crippen LogP contribution in [0.4, 0.5) is 8.78 Å². The van der Waals surface area contributed by atoms with Gasteiger partial charge in [0.15, 0.2) is 9.79 Å². The van der Waals surface area contributed by atoms with Crippen LogP contribution in [0.5, 0.6) is 5.75 Å². The molecular weight excluding hydrogens is 466 g/mol. The number of unbranched alkanes of at least 4 members (excludes halogenated alkanes) is 1. The van der Waals surface area contributed by atoms with Crippen LogP contribution in [0.25, 0.3) is 11.0 Å². The van der Waals surface area contributed by atoms with Crippen LogP contribution in [-0.2, 0) is 10.9 Å². The second-order valence-electron chi connectivity index (χ2n) is 8.54. The van der Waals surface area contributed by atoms with Gasteiger partial charge in [0.25, 0.3) is 4.90 Å². The van der Waals surface area contributed by atoms with Crippen LogP contribution in [0.3, 0.4) is 0 Å². The molecule has 0 aliphatic carbocycles. The van der Waals surface area contributed by atoms with Gasteiger partial charge >= 0.3 is 5.63 Å². The Labute approximate surface area is 207 Å². The first-order valence-electron chi connectivity index (χ1n) is 11.9. The van der Waals surface area contributed by atoms with Crippen LogP contribution < -0.4 is 10.4 Å². The summed E-state index contributed by atoms with van der Waals surface area (Å²) in [5.41, 5.74) is -0.0411. The van der Waals surface area contributed by atoms with Crippen LogP contribution in [0.2, 0.25) is 0 Å². The van der Waals surface area contributed by atoms with E-state index >= 15 is 0 Å². The van der Waals surface area contributed by atoms with Gasteiger partial charge in [-0.05, 0) is 73.0 Å². The molecule has 4 rings (SSSR count). The molecule has 0 aliphatic heterocycles. The highest BCUT2D eigenvalue weighted by Gasteiger charge is 2.33. The number of fused-ring (bicyclic) bond motifs is 1. The van der Waals surface area contributed by atoms with Crippen LogP contribution >= 0.6 is 0 Å². The molecule has 1 atom stereocenters. The van der Waals surface area contributed by atoms with Crippen molar-refractivity contribution >= 4 is 21.9 Å². The number of hydrogen-bond donors (Lipinski definition) is 0. The summed E-state index contributed by atoms with van der Waals surface area (Å²) in [6, 6.07) is 19.3. The molecule has 0 N–H and O–H groups in total. The molecular formula is C29H29F2O3S+. The van der Waals surface area contributed by atoms with Crippen molar-refractivity contribution in [1.29, 1.82) is 0 Å². The molecule has 6 heteroatoms. The van der Waals surface area contributed by atoms with Gasteiger partial charge in [-0.15, -0.1) is 0 Å². The van der Waals surface area contributed by atoms with Crippen LogP contribution in [-0.4, -0.2) is 6.61 Å². The van der Waals surface area contributed by atoms with Gasteiger partial charge in [-0.3, -0.25) is 0 Å². The van der Waals surface area contributed by atoms with E-state index in [1.54, 1.807) is 36.4 Å². The van der Waals surface area contributed by atoms with E-state index in [1.807, 2.05) is 12.1 Å². The van der Waals surface area contributed by atoms with Crippen LogP contribution in [0.15, 0.2) is 96.7 Å². The van der Waals surface area contributed by atoms with Gasteiger partial charge in [-0.2, -0.15) is 0 Å². The molecule has 0 radical (unpaired) electrons. The molecule has 1 aromatic heterocycles. The van der Waals surface area contributed by atoms with E-state index in [4.69, 9.17) is 9.15 Å². The van der Waals surface area contributed by atoms with E-state index in [0.29, 0.717) is 28.8 Å². The Kier molecular flexibility index (Phi) is 8.24. The highest BCUT2D eigenvalue weighted by molar-refractivity contribution is 7.97. The topological polar surface area (TPSA) is 39.4 Å². The average molecular weight is 496 g/mol. The Morgan fingerprint density at radius 3 is 2.09 bits per heavy atom. The van der Waals surface area contributed by atoms with Crippen molar-refractivity contribution in [2.45, 2.75) is 54.2 Å². The molecule has 1 heterocycles. The summed E-state index contributed by atoms with van der Waals surface area (Å²) in [6.07, 6.45) is 4.54. The highest BCUT2D eigenvalue weighted by atomic mass is 32.2. The minimum absolute atomic E-state index is 0.366. The van der Waals surface area contributed by atoms with Crippen molar-refractivity contribution < 1.29 is 17.9 Å². The van der Waals surface area contributed by atoms with Crippen molar-refractivity contribution in [1.82, 2.24) is 0 Å². The lowest BCUT2D eigenvalue weighted by Crippen LogP contribution is -2.15. The summed E-state index contributed by atoms with van der Waals surface area (Å²) in [5, 5.41) is 0.756. The third-order valence-corrected chi connectivity index (χ3v) is 8.23. The molecule has 0 saturated heterocycles. The zero-order chi connectivity index (χ0) is 24.8. The standard InChI is InChI=1S/C29H29F2O3S/c1-3-5-6-20(4-2)19-33-24-12-7-21-17-28(29(32)34-27(21)18-24)35(25-13-8-22(30)9-14-25)26-15-10-23(31)11-16-26/h7-18,20H,3-6,19H2,1-2H3/q+1. The molecule has 0 saturated carbocycles. The average Bonchev–Trinajstić information content (AvgIpc) is 2.87. The second-order valence-corrected chi connectivity index (χ2v) is 10.5. The van der Waals surface area contributed by atoms with E-state index in [0.717, 1.165) is 34.4 Å². The van der Waals surface area contributed by atoms with Gasteiger partial charge in [0, 0.05) is 17.5 Å². The van der Waals surface area contributed by atoms with Crippen molar-refractivity contribution in [2.75, 3.05) is 6.61 Å². The third-order valence-electron chi connectivity index (χ3n) is 6.02. The molecule has 4 aromatic rings. The first-order valence-corrected chi connectivity index (χ1v) is 13.2. The molecule has 0 aliphatic rings. The summed E-state index contributed by atoms with van der Waals surface area (Å²) in [7, 11) is -0.889. The Morgan fingerprint density at radius 2 is 1.51 bits per heavy atom. The number of rotatable bonds is 10. The summed E-state index contributed by atoms with van der Waals surface area (Å²) in [5.74, 6) is 0.428. The van der Waals surface area contributed by atoms with Gasteiger partial charge in [0.2, 0.25) is 0 Å². The number of hydrogen-bond acceptors (Lipinski definition) is 3. The molecule has 3 aromatic carbocycles. The van der Waals surface area contributed by atoms with E-state index in [2.05, 4.69) is 13.8 Å². The molecule has 0 bridgehead atoms. The molecule has 1 unspecified atom stereocenters. The molecule has 0 fully saturated rings. The first-order chi connectivity index (χ1) is 17.0. The van der Waals surface area contributed by atoms with Crippen molar-refractivity contribution in [2.24, 2.45) is 5.92 Å². The highest BCUT2D eigenvalue weighted by Crippen LogP contribution is 2.32. The fourth-order valence-corrected chi connectivity index (χ4v) is 6.00. The van der Waals surface area contributed by atoms with Gasteiger partial charge in [-0.1, -0.05) is 33.1 Å². The lowest BCUT2D eigenvalue weighted by molar-refractivity contribution is 0.233. The fourth-order valence-electron chi connectivity index (χ4n) is 3.95. The Hall–Kier alpha value is -3.12. The number of halogens is 2. The predicted octanol–water partition coefficient (Wildman–Crippen LogP) is 7.76. The van der Waals surface area contributed by atoms with E-state index in [1.165, 1.54) is 30.7 Å². The summed E-state index contributed by atoms with van der Waals surface area (Å²) in [6.45, 7) is 4.98. The number of ether oxygens (including phenoxy) is 1. The minimum Gasteiger partial charge on any atom is -0.493 e. The molecule has 0 spiro atoms. The Bertz CT molecular complexity index is 1270. The third kappa shape index (κ3) is 6.12. The van der Waals surface area contributed by atoms with Crippen LogP contribution in [0, 0.1) is 17.6 Å². The van der Waals surface area contributed by atoms with Gasteiger partial charge < -0.3 is 9.15 Å². The maximum atomic E-state index is 13.6. The Balaban J connectivity index is 1.68. The monoisotopic (exact) mass is 495 g/mol. The summed E-state index contributed by atoms with van der Waals surface area (Å²) < 4.78 is 38.9. The zero-order valence-corrected chi connectivity index (χ0v) is 20.7. The largest absolute Gasteiger partial charge is 0.493 e. The Morgan fingerprint density at radius 1 is 0.886 bits per heavy atom. The second kappa shape index (κ2) is 11.5. The van der Waals surface area contributed by atoms with Gasteiger partial charge in [0.1, 0.15) is 33.9 Å². The zero-order valence-electron chi connectivity index (χ0n) is 19.9. The maximum Gasteiger partial charge on any atom is 0.393 e. The summed E-state index contributed by atoms with van der Waals surface area (Å²) >= 11 is 0. The first kappa shape index (κ1) is 25.0. The smallest absolute Gasteiger partial charge is 0.393 e. The van der Waals surface area contributed by atoms with Crippen molar-refractivity contribution in [3.8, 4) is 5.75 Å². The molecule has 0 amide bonds. The molecule has 3 nitrogen and oxygen atoms in total. The number of benzene rings is 3. The molecule has 35 heavy (non-hydrogen) atoms. The van der Waals surface area contributed by atoms with E-state index < -0.39 is 16.5 Å². The van der Waals surface area contributed by atoms with Crippen molar-refractivity contribution in [3.63, 3.8) is 0 Å². The quantitative estimate of drug-likeness (QED) is 0.167. The van der Waals surface area contributed by atoms with Gasteiger partial charge in [0.05, 0.1) is 6.61 Å². The summed E-state index contributed by atoms with van der Waals surface area (Å²) in [4.78, 5) is 15.1. The van der Waals surface area contributed by atoms with E-state index in [9.17, 15) is 13.6 Å². The SMILES string of the molecule is CCCCC(CC)COc1ccc2cc([S+](c3ccc(F)cc3)c3ccc(F)cc3)c(=O)oc2c1. The van der Waals surface area contributed by atoms with Crippen LogP contribution in [0.1, 0.15) is 39.5 Å².